The highest BCUT2D eigenvalue weighted by Gasteiger charge is 2.20. The molecule has 19 heavy (non-hydrogen) atoms. The van der Waals surface area contributed by atoms with Gasteiger partial charge in [0.15, 0.2) is 0 Å². The third-order valence-corrected chi connectivity index (χ3v) is 3.28. The highest BCUT2D eigenvalue weighted by molar-refractivity contribution is 5.76. The van der Waals surface area contributed by atoms with Gasteiger partial charge < -0.3 is 10.2 Å². The first kappa shape index (κ1) is 13.1. The molecule has 1 unspecified atom stereocenters. The smallest absolute Gasteiger partial charge is 0.311 e. The van der Waals surface area contributed by atoms with Crippen LogP contribution in [0.1, 0.15) is 22.6 Å². The number of hydrogen-bond acceptors (Lipinski definition) is 2. The van der Waals surface area contributed by atoms with Gasteiger partial charge in [-0.05, 0) is 42.2 Å². The number of aromatic hydroxyl groups is 1. The molecule has 2 aromatic rings. The molecular weight excluding hydrogens is 240 g/mol. The molecule has 2 rings (SSSR count). The minimum atomic E-state index is -0.853. The van der Waals surface area contributed by atoms with Gasteiger partial charge in [0, 0.05) is 0 Å². The second-order valence-corrected chi connectivity index (χ2v) is 4.61. The number of carboxylic acid groups (broad SMARTS) is 1. The van der Waals surface area contributed by atoms with Gasteiger partial charge in [-0.2, -0.15) is 0 Å². The predicted octanol–water partition coefficient (Wildman–Crippen LogP) is 3.11. The largest absolute Gasteiger partial charge is 0.508 e. The van der Waals surface area contributed by atoms with Crippen molar-refractivity contribution in [1.82, 2.24) is 0 Å². The molecule has 0 aromatic heterocycles. The number of carboxylic acids is 1. The third-order valence-electron chi connectivity index (χ3n) is 3.28. The third kappa shape index (κ3) is 3.13. The van der Waals surface area contributed by atoms with Crippen LogP contribution < -0.4 is 0 Å². The van der Waals surface area contributed by atoms with E-state index in [1.54, 1.807) is 12.1 Å². The summed E-state index contributed by atoms with van der Waals surface area (Å²) in [5.41, 5.74) is 2.82. The zero-order valence-electron chi connectivity index (χ0n) is 10.7. The van der Waals surface area contributed by atoms with Crippen molar-refractivity contribution >= 4 is 5.97 Å². The summed E-state index contributed by atoms with van der Waals surface area (Å²) in [5, 5.41) is 18.6. The molecule has 0 aliphatic rings. The highest BCUT2D eigenvalue weighted by atomic mass is 16.4. The van der Waals surface area contributed by atoms with Crippen molar-refractivity contribution in [2.75, 3.05) is 0 Å². The molecular formula is C16H16O3. The van der Waals surface area contributed by atoms with Crippen molar-refractivity contribution in [3.8, 4) is 5.75 Å². The van der Waals surface area contributed by atoms with E-state index in [2.05, 4.69) is 0 Å². The summed E-state index contributed by atoms with van der Waals surface area (Å²) in [5.74, 6) is -1.31. The Morgan fingerprint density at radius 2 is 1.74 bits per heavy atom. The molecule has 0 aliphatic carbocycles. The quantitative estimate of drug-likeness (QED) is 0.883. The minimum absolute atomic E-state index is 0.142. The Morgan fingerprint density at radius 1 is 1.11 bits per heavy atom. The summed E-state index contributed by atoms with van der Waals surface area (Å²) in [6.07, 6.45) is 0.451. The van der Waals surface area contributed by atoms with E-state index in [0.717, 1.165) is 11.1 Å². The van der Waals surface area contributed by atoms with Crippen LogP contribution in [0.3, 0.4) is 0 Å². The predicted molar refractivity (Wildman–Crippen MR) is 73.4 cm³/mol. The van der Waals surface area contributed by atoms with E-state index in [0.29, 0.717) is 12.0 Å². The van der Waals surface area contributed by atoms with Gasteiger partial charge >= 0.3 is 5.97 Å². The van der Waals surface area contributed by atoms with Crippen molar-refractivity contribution in [3.63, 3.8) is 0 Å². The van der Waals surface area contributed by atoms with Crippen molar-refractivity contribution in [2.24, 2.45) is 0 Å². The van der Waals surface area contributed by atoms with Gasteiger partial charge in [-0.25, -0.2) is 0 Å². The van der Waals surface area contributed by atoms with Crippen LogP contribution in [0, 0.1) is 6.92 Å². The molecule has 0 radical (unpaired) electrons. The van der Waals surface area contributed by atoms with Crippen LogP contribution in [0.2, 0.25) is 0 Å². The Morgan fingerprint density at radius 3 is 2.32 bits per heavy atom. The van der Waals surface area contributed by atoms with Gasteiger partial charge in [0.25, 0.3) is 0 Å². The lowest BCUT2D eigenvalue weighted by Gasteiger charge is -2.14. The lowest BCUT2D eigenvalue weighted by atomic mass is 9.90. The van der Waals surface area contributed by atoms with Crippen LogP contribution in [-0.4, -0.2) is 16.2 Å². The molecule has 0 bridgehead atoms. The molecule has 0 amide bonds. The summed E-state index contributed by atoms with van der Waals surface area (Å²) in [6, 6.07) is 14.1. The summed E-state index contributed by atoms with van der Waals surface area (Å²) in [4.78, 5) is 11.4. The molecule has 0 saturated carbocycles. The van der Waals surface area contributed by atoms with Crippen LogP contribution in [0.15, 0.2) is 48.5 Å². The van der Waals surface area contributed by atoms with E-state index in [4.69, 9.17) is 0 Å². The first-order chi connectivity index (χ1) is 9.08. The summed E-state index contributed by atoms with van der Waals surface area (Å²) in [6.45, 7) is 1.98. The normalized spacial score (nSPS) is 12.1. The fourth-order valence-corrected chi connectivity index (χ4v) is 2.11. The van der Waals surface area contributed by atoms with Crippen molar-refractivity contribution in [2.45, 2.75) is 19.3 Å². The molecule has 0 heterocycles. The van der Waals surface area contributed by atoms with Gasteiger partial charge in [-0.15, -0.1) is 0 Å². The number of aliphatic carboxylic acids is 1. The Kier molecular flexibility index (Phi) is 3.85. The summed E-state index contributed by atoms with van der Waals surface area (Å²) in [7, 11) is 0. The molecule has 0 spiro atoms. The fourth-order valence-electron chi connectivity index (χ4n) is 2.11. The Hall–Kier alpha value is -2.29. The number of phenols is 1. The van der Waals surface area contributed by atoms with Crippen LogP contribution in [0.5, 0.6) is 5.75 Å². The molecule has 0 fully saturated rings. The number of aryl methyl sites for hydroxylation is 1. The monoisotopic (exact) mass is 256 g/mol. The van der Waals surface area contributed by atoms with E-state index in [1.165, 1.54) is 12.1 Å². The van der Waals surface area contributed by atoms with Crippen molar-refractivity contribution in [1.29, 1.82) is 0 Å². The zero-order valence-corrected chi connectivity index (χ0v) is 10.7. The summed E-state index contributed by atoms with van der Waals surface area (Å²) >= 11 is 0. The Balaban J connectivity index is 2.29. The number of hydrogen-bond donors (Lipinski definition) is 2. The number of carbonyl (C=O) groups is 1. The maximum absolute atomic E-state index is 11.4. The topological polar surface area (TPSA) is 57.5 Å². The maximum Gasteiger partial charge on any atom is 0.311 e. The van der Waals surface area contributed by atoms with E-state index in [1.807, 2.05) is 31.2 Å². The molecule has 3 nitrogen and oxygen atoms in total. The molecule has 2 aromatic carbocycles. The molecule has 1 atom stereocenters. The maximum atomic E-state index is 11.4. The second kappa shape index (κ2) is 5.57. The van der Waals surface area contributed by atoms with Gasteiger partial charge in [-0.3, -0.25) is 4.79 Å². The van der Waals surface area contributed by atoms with Gasteiger partial charge in [0.05, 0.1) is 5.92 Å². The Labute approximate surface area is 112 Å². The standard InChI is InChI=1S/C16H16O3/c1-11-4-2-3-5-13(11)10-15(16(18)19)12-6-8-14(17)9-7-12/h2-9,15,17H,10H2,1H3,(H,18,19). The number of phenolic OH excluding ortho intramolecular Hbond substituents is 1. The zero-order chi connectivity index (χ0) is 13.8. The van der Waals surface area contributed by atoms with Gasteiger partial charge in [0.2, 0.25) is 0 Å². The average molecular weight is 256 g/mol. The second-order valence-electron chi connectivity index (χ2n) is 4.61. The lowest BCUT2D eigenvalue weighted by Crippen LogP contribution is -2.14. The van der Waals surface area contributed by atoms with Crippen LogP contribution in [0.4, 0.5) is 0 Å². The van der Waals surface area contributed by atoms with Crippen LogP contribution in [-0.2, 0) is 11.2 Å². The van der Waals surface area contributed by atoms with Gasteiger partial charge in [0.1, 0.15) is 5.75 Å². The molecule has 0 saturated heterocycles. The van der Waals surface area contributed by atoms with E-state index in [-0.39, 0.29) is 5.75 Å². The average Bonchev–Trinajstić information content (AvgIpc) is 2.39. The highest BCUT2D eigenvalue weighted by Crippen LogP contribution is 2.24. The van der Waals surface area contributed by atoms with Gasteiger partial charge in [-0.1, -0.05) is 36.4 Å². The molecule has 98 valence electrons. The number of rotatable bonds is 4. The molecule has 0 aliphatic heterocycles. The SMILES string of the molecule is Cc1ccccc1CC(C(=O)O)c1ccc(O)cc1. The van der Waals surface area contributed by atoms with E-state index >= 15 is 0 Å². The Bertz CT molecular complexity index is 573. The minimum Gasteiger partial charge on any atom is -0.508 e. The lowest BCUT2D eigenvalue weighted by molar-refractivity contribution is -0.138. The molecule has 3 heteroatoms. The van der Waals surface area contributed by atoms with E-state index < -0.39 is 11.9 Å². The summed E-state index contributed by atoms with van der Waals surface area (Å²) < 4.78 is 0. The number of benzene rings is 2. The van der Waals surface area contributed by atoms with Crippen LogP contribution in [0.25, 0.3) is 0 Å². The molecule has 2 N–H and O–H groups in total. The van der Waals surface area contributed by atoms with Crippen molar-refractivity contribution < 1.29 is 15.0 Å². The van der Waals surface area contributed by atoms with Crippen molar-refractivity contribution in [3.05, 3.63) is 65.2 Å². The van der Waals surface area contributed by atoms with E-state index in [9.17, 15) is 15.0 Å². The van der Waals surface area contributed by atoms with Crippen LogP contribution >= 0.6 is 0 Å². The first-order valence-electron chi connectivity index (χ1n) is 6.14. The fraction of sp³-hybridized carbons (Fsp3) is 0.188. The first-order valence-corrected chi connectivity index (χ1v) is 6.14.